The molecule has 0 bridgehead atoms. The highest BCUT2D eigenvalue weighted by atomic mass is 35.5. The minimum Gasteiger partial charge on any atom is -0.462 e. The summed E-state index contributed by atoms with van der Waals surface area (Å²) in [5.41, 5.74) is 1.79. The van der Waals surface area contributed by atoms with Crippen LogP contribution in [0.5, 0.6) is 0 Å². The van der Waals surface area contributed by atoms with Crippen molar-refractivity contribution in [2.24, 2.45) is 0 Å². The quantitative estimate of drug-likeness (QED) is 0.435. The van der Waals surface area contributed by atoms with E-state index in [4.69, 9.17) is 20.4 Å². The van der Waals surface area contributed by atoms with E-state index >= 15 is 0 Å². The summed E-state index contributed by atoms with van der Waals surface area (Å²) < 4.78 is 11.0. The van der Waals surface area contributed by atoms with Crippen LogP contribution in [-0.2, 0) is 5.75 Å². The number of thiazole rings is 1. The van der Waals surface area contributed by atoms with Crippen molar-refractivity contribution in [1.82, 2.24) is 15.2 Å². The molecular formula is C16H10ClN3O2S2. The lowest BCUT2D eigenvalue weighted by atomic mass is 10.2. The molecule has 0 aliphatic rings. The van der Waals surface area contributed by atoms with Crippen LogP contribution >= 0.6 is 34.7 Å². The highest BCUT2D eigenvalue weighted by Gasteiger charge is 2.11. The second kappa shape index (κ2) is 6.80. The van der Waals surface area contributed by atoms with E-state index in [2.05, 4.69) is 15.2 Å². The molecule has 0 atom stereocenters. The Labute approximate surface area is 150 Å². The van der Waals surface area contributed by atoms with Gasteiger partial charge in [0.25, 0.3) is 5.22 Å². The molecule has 4 aromatic rings. The van der Waals surface area contributed by atoms with Crippen LogP contribution in [0, 0.1) is 0 Å². The Hall–Kier alpha value is -2.09. The van der Waals surface area contributed by atoms with Crippen molar-refractivity contribution in [2.75, 3.05) is 0 Å². The molecule has 0 unspecified atom stereocenters. The zero-order valence-electron chi connectivity index (χ0n) is 12.2. The lowest BCUT2D eigenvalue weighted by Crippen LogP contribution is -1.81. The summed E-state index contributed by atoms with van der Waals surface area (Å²) in [5, 5.41) is 12.2. The number of nitrogens with zero attached hydrogens (tertiary/aromatic N) is 3. The van der Waals surface area contributed by atoms with Gasteiger partial charge in [-0.1, -0.05) is 23.4 Å². The third kappa shape index (κ3) is 3.38. The Kier molecular flexibility index (Phi) is 4.38. The lowest BCUT2D eigenvalue weighted by Gasteiger charge is -1.94. The molecule has 24 heavy (non-hydrogen) atoms. The molecule has 0 aliphatic carbocycles. The van der Waals surface area contributed by atoms with Gasteiger partial charge < -0.3 is 8.83 Å². The van der Waals surface area contributed by atoms with Gasteiger partial charge in [0.15, 0.2) is 10.8 Å². The third-order valence-corrected chi connectivity index (χ3v) is 5.13. The van der Waals surface area contributed by atoms with E-state index in [0.29, 0.717) is 21.9 Å². The number of thioether (sulfide) groups is 1. The summed E-state index contributed by atoms with van der Waals surface area (Å²) in [7, 11) is 0. The average molecular weight is 376 g/mol. The topological polar surface area (TPSA) is 65.0 Å². The SMILES string of the molecule is Clc1ccc(-c2nnc(SCc3csc(-c4ccco4)n3)o2)cc1. The molecule has 8 heteroatoms. The predicted octanol–water partition coefficient (Wildman–Crippen LogP) is 5.40. The fourth-order valence-electron chi connectivity index (χ4n) is 2.00. The average Bonchev–Trinajstić information content (AvgIpc) is 3.34. The van der Waals surface area contributed by atoms with Crippen LogP contribution in [0.2, 0.25) is 5.02 Å². The van der Waals surface area contributed by atoms with Gasteiger partial charge in [0.1, 0.15) is 0 Å². The van der Waals surface area contributed by atoms with Crippen LogP contribution in [-0.4, -0.2) is 15.2 Å². The largest absolute Gasteiger partial charge is 0.462 e. The first kappa shape index (κ1) is 15.4. The number of hydrogen-bond donors (Lipinski definition) is 0. The van der Waals surface area contributed by atoms with Gasteiger partial charge in [-0.15, -0.1) is 21.5 Å². The highest BCUT2D eigenvalue weighted by molar-refractivity contribution is 7.98. The van der Waals surface area contributed by atoms with E-state index < -0.39 is 0 Å². The van der Waals surface area contributed by atoms with Crippen LogP contribution in [0.1, 0.15) is 5.69 Å². The van der Waals surface area contributed by atoms with Gasteiger partial charge in [-0.2, -0.15) is 0 Å². The number of benzene rings is 1. The minimum absolute atomic E-state index is 0.476. The van der Waals surface area contributed by atoms with Crippen molar-refractivity contribution in [3.05, 3.63) is 58.8 Å². The fraction of sp³-hybridized carbons (Fsp3) is 0.0625. The normalized spacial score (nSPS) is 11.0. The second-order valence-electron chi connectivity index (χ2n) is 4.79. The van der Waals surface area contributed by atoms with Gasteiger partial charge in [-0.05, 0) is 36.4 Å². The van der Waals surface area contributed by atoms with Crippen molar-refractivity contribution in [3.8, 4) is 22.2 Å². The maximum Gasteiger partial charge on any atom is 0.277 e. The van der Waals surface area contributed by atoms with Gasteiger partial charge >= 0.3 is 0 Å². The Morgan fingerprint density at radius 3 is 2.79 bits per heavy atom. The molecule has 0 amide bonds. The standard InChI is InChI=1S/C16H10ClN3O2S2/c17-11-5-3-10(4-6-11)14-19-20-16(22-14)24-9-12-8-23-15(18-12)13-2-1-7-21-13/h1-8H,9H2. The third-order valence-electron chi connectivity index (χ3n) is 3.12. The van der Waals surface area contributed by atoms with Crippen LogP contribution < -0.4 is 0 Å². The van der Waals surface area contributed by atoms with Gasteiger partial charge in [0.2, 0.25) is 5.89 Å². The zero-order chi connectivity index (χ0) is 16.4. The molecule has 3 heterocycles. The molecule has 4 rings (SSSR count). The predicted molar refractivity (Wildman–Crippen MR) is 94.1 cm³/mol. The Morgan fingerprint density at radius 2 is 2.00 bits per heavy atom. The first-order valence-corrected chi connectivity index (χ1v) is 9.23. The number of halogens is 1. The summed E-state index contributed by atoms with van der Waals surface area (Å²) in [6, 6.07) is 11.0. The van der Waals surface area contributed by atoms with E-state index in [0.717, 1.165) is 22.0 Å². The first-order valence-electron chi connectivity index (χ1n) is 6.98. The Bertz CT molecular complexity index is 933. The molecule has 0 saturated heterocycles. The van der Waals surface area contributed by atoms with Crippen LogP contribution in [0.4, 0.5) is 0 Å². The molecular weight excluding hydrogens is 366 g/mol. The molecule has 3 aromatic heterocycles. The van der Waals surface area contributed by atoms with Gasteiger partial charge in [-0.25, -0.2) is 4.98 Å². The van der Waals surface area contributed by atoms with Crippen LogP contribution in [0.15, 0.2) is 62.1 Å². The van der Waals surface area contributed by atoms with Crippen molar-refractivity contribution in [1.29, 1.82) is 0 Å². The maximum absolute atomic E-state index is 5.88. The molecule has 0 saturated carbocycles. The number of furan rings is 1. The maximum atomic E-state index is 5.88. The van der Waals surface area contributed by atoms with E-state index in [1.807, 2.05) is 29.6 Å². The minimum atomic E-state index is 0.476. The molecule has 0 radical (unpaired) electrons. The van der Waals surface area contributed by atoms with E-state index in [1.165, 1.54) is 11.8 Å². The summed E-state index contributed by atoms with van der Waals surface area (Å²) in [6.07, 6.45) is 1.64. The van der Waals surface area contributed by atoms with Crippen molar-refractivity contribution < 1.29 is 8.83 Å². The van der Waals surface area contributed by atoms with E-state index in [1.54, 1.807) is 29.7 Å². The zero-order valence-corrected chi connectivity index (χ0v) is 14.6. The Morgan fingerprint density at radius 1 is 1.12 bits per heavy atom. The Balaban J connectivity index is 1.42. The van der Waals surface area contributed by atoms with Crippen molar-refractivity contribution >= 4 is 34.7 Å². The molecule has 0 N–H and O–H groups in total. The van der Waals surface area contributed by atoms with Crippen molar-refractivity contribution in [3.63, 3.8) is 0 Å². The van der Waals surface area contributed by atoms with Gasteiger partial charge in [-0.3, -0.25) is 0 Å². The highest BCUT2D eigenvalue weighted by Crippen LogP contribution is 2.29. The fourth-order valence-corrected chi connectivity index (χ4v) is 3.67. The van der Waals surface area contributed by atoms with Crippen molar-refractivity contribution in [2.45, 2.75) is 11.0 Å². The van der Waals surface area contributed by atoms with Gasteiger partial charge in [0.05, 0.1) is 12.0 Å². The lowest BCUT2D eigenvalue weighted by molar-refractivity contribution is 0.466. The molecule has 0 fully saturated rings. The summed E-state index contributed by atoms with van der Waals surface area (Å²) in [6.45, 7) is 0. The molecule has 1 aromatic carbocycles. The summed E-state index contributed by atoms with van der Waals surface area (Å²) >= 11 is 8.88. The molecule has 5 nitrogen and oxygen atoms in total. The van der Waals surface area contributed by atoms with E-state index in [-0.39, 0.29) is 0 Å². The van der Waals surface area contributed by atoms with Crippen LogP contribution in [0.3, 0.4) is 0 Å². The summed E-state index contributed by atoms with van der Waals surface area (Å²) in [5.74, 6) is 1.90. The first-order chi connectivity index (χ1) is 11.8. The van der Waals surface area contributed by atoms with Crippen LogP contribution in [0.25, 0.3) is 22.2 Å². The number of hydrogen-bond acceptors (Lipinski definition) is 7. The molecule has 120 valence electrons. The molecule has 0 spiro atoms. The smallest absolute Gasteiger partial charge is 0.277 e. The number of aromatic nitrogens is 3. The van der Waals surface area contributed by atoms with Gasteiger partial charge in [0, 0.05) is 21.7 Å². The molecule has 0 aliphatic heterocycles. The number of rotatable bonds is 5. The summed E-state index contributed by atoms with van der Waals surface area (Å²) in [4.78, 5) is 4.54. The second-order valence-corrected chi connectivity index (χ2v) is 7.01. The van der Waals surface area contributed by atoms with E-state index in [9.17, 15) is 0 Å². The monoisotopic (exact) mass is 375 g/mol.